The molecule has 0 aromatic heterocycles. The van der Waals surface area contributed by atoms with Gasteiger partial charge in [0.2, 0.25) is 5.34 Å². The van der Waals surface area contributed by atoms with Crippen LogP contribution in [0.4, 0.5) is 0 Å². The van der Waals surface area contributed by atoms with Gasteiger partial charge in [0.15, 0.2) is 0 Å². The average molecular weight is 326 g/mol. The molecule has 3 rings (SSSR count). The molecule has 1 aromatic carbocycles. The van der Waals surface area contributed by atoms with E-state index in [0.29, 0.717) is 16.9 Å². The van der Waals surface area contributed by atoms with E-state index in [1.54, 1.807) is 18.2 Å². The minimum atomic E-state index is -3.66. The van der Waals surface area contributed by atoms with Crippen LogP contribution in [0.2, 0.25) is 0 Å². The average Bonchev–Trinajstić information content (AvgIpc) is 2.74. The molecular formula is C15H19O6P. The van der Waals surface area contributed by atoms with Crippen molar-refractivity contribution >= 4 is 13.6 Å². The second-order valence-corrected chi connectivity index (χ2v) is 8.19. The molecule has 0 saturated heterocycles. The van der Waals surface area contributed by atoms with E-state index in [1.165, 1.54) is 21.1 Å². The van der Waals surface area contributed by atoms with Crippen molar-refractivity contribution < 1.29 is 27.9 Å². The molecular weight excluding hydrogens is 307 g/mol. The number of rotatable bonds is 5. The number of cyclic esters (lactones) is 1. The van der Waals surface area contributed by atoms with Gasteiger partial charge in [0.1, 0.15) is 5.75 Å². The third-order valence-corrected chi connectivity index (χ3v) is 6.70. The Morgan fingerprint density at radius 2 is 1.95 bits per heavy atom. The topological polar surface area (TPSA) is 71.1 Å². The fourth-order valence-corrected chi connectivity index (χ4v) is 4.28. The van der Waals surface area contributed by atoms with E-state index in [1.807, 2.05) is 0 Å². The van der Waals surface area contributed by atoms with Gasteiger partial charge in [-0.05, 0) is 44.4 Å². The van der Waals surface area contributed by atoms with Crippen LogP contribution in [0.5, 0.6) is 5.75 Å². The molecule has 7 heteroatoms. The summed E-state index contributed by atoms with van der Waals surface area (Å²) in [5.41, 5.74) is 0.833. The Labute approximate surface area is 129 Å². The lowest BCUT2D eigenvalue weighted by Crippen LogP contribution is -2.25. The molecule has 22 heavy (non-hydrogen) atoms. The van der Waals surface area contributed by atoms with Crippen molar-refractivity contribution in [1.29, 1.82) is 0 Å². The van der Waals surface area contributed by atoms with Gasteiger partial charge in [0, 0.05) is 19.8 Å². The molecule has 1 unspecified atom stereocenters. The van der Waals surface area contributed by atoms with E-state index in [9.17, 15) is 9.36 Å². The summed E-state index contributed by atoms with van der Waals surface area (Å²) >= 11 is 0. The first kappa shape index (κ1) is 15.5. The smallest absolute Gasteiger partial charge is 0.377 e. The second-order valence-electron chi connectivity index (χ2n) is 5.61. The maximum absolute atomic E-state index is 12.8. The molecule has 1 aliphatic heterocycles. The van der Waals surface area contributed by atoms with Crippen LogP contribution in [0.3, 0.4) is 0 Å². The first-order valence-electron chi connectivity index (χ1n) is 7.19. The number of ether oxygens (including phenoxy) is 2. The first-order chi connectivity index (χ1) is 10.4. The minimum Gasteiger partial charge on any atom is -0.490 e. The van der Waals surface area contributed by atoms with Crippen LogP contribution in [0.15, 0.2) is 18.2 Å². The van der Waals surface area contributed by atoms with Gasteiger partial charge >= 0.3 is 13.6 Å². The highest BCUT2D eigenvalue weighted by atomic mass is 31.2. The van der Waals surface area contributed by atoms with Crippen LogP contribution in [0.25, 0.3) is 0 Å². The van der Waals surface area contributed by atoms with Gasteiger partial charge < -0.3 is 18.5 Å². The molecule has 1 saturated carbocycles. The molecule has 0 radical (unpaired) electrons. The Balaban J connectivity index is 2.02. The Morgan fingerprint density at radius 1 is 1.27 bits per heavy atom. The number of hydrogen-bond donors (Lipinski definition) is 0. The van der Waals surface area contributed by atoms with Crippen LogP contribution < -0.4 is 4.74 Å². The standard InChI is InChI=1S/C15H19O6P/c1-15(22(17,18-2)19-3)13-9-11(20-10-5-4-6-10)7-8-12(13)14(16)21-15/h7-10H,4-6H2,1-3H3. The number of esters is 1. The summed E-state index contributed by atoms with van der Waals surface area (Å²) < 4.78 is 34.1. The van der Waals surface area contributed by atoms with Crippen molar-refractivity contribution in [3.8, 4) is 5.75 Å². The maximum atomic E-state index is 12.8. The summed E-state index contributed by atoms with van der Waals surface area (Å²) in [6, 6.07) is 5.06. The SMILES string of the molecule is COP(=O)(OC)C1(C)OC(=O)c2ccc(OC3CCC3)cc21. The Bertz CT molecular complexity index is 645. The first-order valence-corrected chi connectivity index (χ1v) is 8.74. The summed E-state index contributed by atoms with van der Waals surface area (Å²) in [6.07, 6.45) is 3.42. The van der Waals surface area contributed by atoms with Crippen LogP contribution in [-0.2, 0) is 23.7 Å². The summed E-state index contributed by atoms with van der Waals surface area (Å²) in [6.45, 7) is 1.54. The zero-order valence-electron chi connectivity index (χ0n) is 12.8. The number of carbonyl (C=O) groups is 1. The molecule has 0 N–H and O–H groups in total. The van der Waals surface area contributed by atoms with Gasteiger partial charge in [-0.1, -0.05) is 0 Å². The van der Waals surface area contributed by atoms with Crippen LogP contribution in [0.1, 0.15) is 42.1 Å². The molecule has 0 amide bonds. The van der Waals surface area contributed by atoms with Gasteiger partial charge in [0.25, 0.3) is 0 Å². The predicted molar refractivity (Wildman–Crippen MR) is 79.1 cm³/mol. The number of benzene rings is 1. The van der Waals surface area contributed by atoms with Crippen molar-refractivity contribution in [3.05, 3.63) is 29.3 Å². The van der Waals surface area contributed by atoms with E-state index >= 15 is 0 Å². The lowest BCUT2D eigenvalue weighted by molar-refractivity contribution is 0.0198. The molecule has 1 heterocycles. The van der Waals surface area contributed by atoms with Crippen molar-refractivity contribution in [2.45, 2.75) is 37.6 Å². The second kappa shape index (κ2) is 5.37. The molecule has 6 nitrogen and oxygen atoms in total. The Morgan fingerprint density at radius 3 is 2.50 bits per heavy atom. The van der Waals surface area contributed by atoms with E-state index in [-0.39, 0.29) is 6.10 Å². The van der Waals surface area contributed by atoms with Gasteiger partial charge in [-0.15, -0.1) is 0 Å². The summed E-state index contributed by atoms with van der Waals surface area (Å²) in [5, 5.41) is -1.47. The third-order valence-electron chi connectivity index (χ3n) is 4.36. The molecule has 120 valence electrons. The van der Waals surface area contributed by atoms with E-state index < -0.39 is 18.9 Å². The zero-order chi connectivity index (χ0) is 16.0. The Kier molecular flexibility index (Phi) is 3.79. The third kappa shape index (κ3) is 2.18. The molecule has 0 bridgehead atoms. The van der Waals surface area contributed by atoms with Crippen LogP contribution >= 0.6 is 7.60 Å². The van der Waals surface area contributed by atoms with Gasteiger partial charge in [-0.25, -0.2) is 4.79 Å². The molecule has 0 spiro atoms. The lowest BCUT2D eigenvalue weighted by atomic mass is 9.96. The molecule has 1 aromatic rings. The molecule has 2 aliphatic rings. The highest BCUT2D eigenvalue weighted by Gasteiger charge is 2.57. The maximum Gasteiger partial charge on any atom is 0.377 e. The van der Waals surface area contributed by atoms with Gasteiger partial charge in [0.05, 0.1) is 11.7 Å². The van der Waals surface area contributed by atoms with Gasteiger partial charge in [-0.2, -0.15) is 0 Å². The summed E-state index contributed by atoms with van der Waals surface area (Å²) in [5.74, 6) is 0.0914. The van der Waals surface area contributed by atoms with Crippen LogP contribution in [-0.4, -0.2) is 26.3 Å². The fourth-order valence-electron chi connectivity index (χ4n) is 2.76. The van der Waals surface area contributed by atoms with Crippen LogP contribution in [0, 0.1) is 0 Å². The largest absolute Gasteiger partial charge is 0.490 e. The summed E-state index contributed by atoms with van der Waals surface area (Å²) in [7, 11) is -1.11. The van der Waals surface area contributed by atoms with Crippen molar-refractivity contribution in [3.63, 3.8) is 0 Å². The Hall–Kier alpha value is -1.36. The summed E-state index contributed by atoms with van der Waals surface area (Å²) in [4.78, 5) is 12.1. The highest BCUT2D eigenvalue weighted by Crippen LogP contribution is 2.67. The number of carbonyl (C=O) groups excluding carboxylic acids is 1. The van der Waals surface area contributed by atoms with Crippen molar-refractivity contribution in [1.82, 2.24) is 0 Å². The minimum absolute atomic E-state index is 0.207. The normalized spacial score (nSPS) is 24.6. The quantitative estimate of drug-likeness (QED) is 0.610. The molecule has 1 aliphatic carbocycles. The van der Waals surface area contributed by atoms with Gasteiger partial charge in [-0.3, -0.25) is 4.57 Å². The van der Waals surface area contributed by atoms with E-state index in [4.69, 9.17) is 18.5 Å². The van der Waals surface area contributed by atoms with Crippen molar-refractivity contribution in [2.24, 2.45) is 0 Å². The lowest BCUT2D eigenvalue weighted by Gasteiger charge is -2.30. The number of fused-ring (bicyclic) bond motifs is 1. The predicted octanol–water partition coefficient (Wildman–Crippen LogP) is 3.45. The van der Waals surface area contributed by atoms with E-state index in [2.05, 4.69) is 0 Å². The number of hydrogen-bond acceptors (Lipinski definition) is 6. The zero-order valence-corrected chi connectivity index (χ0v) is 13.7. The molecule has 1 fully saturated rings. The monoisotopic (exact) mass is 326 g/mol. The highest BCUT2D eigenvalue weighted by molar-refractivity contribution is 7.55. The molecule has 1 atom stereocenters. The fraction of sp³-hybridized carbons (Fsp3) is 0.533. The van der Waals surface area contributed by atoms with E-state index in [0.717, 1.165) is 19.3 Å². The van der Waals surface area contributed by atoms with Crippen molar-refractivity contribution in [2.75, 3.05) is 14.2 Å².